The summed E-state index contributed by atoms with van der Waals surface area (Å²) in [5.74, 6) is -1.10. The van der Waals surface area contributed by atoms with E-state index in [2.05, 4.69) is 18.7 Å². The van der Waals surface area contributed by atoms with Gasteiger partial charge in [0.05, 0.1) is 6.10 Å². The molecule has 23 heavy (non-hydrogen) atoms. The lowest BCUT2D eigenvalue weighted by Crippen LogP contribution is -2.33. The molecule has 0 heterocycles. The molecule has 2 atom stereocenters. The van der Waals surface area contributed by atoms with E-state index in [-0.39, 0.29) is 17.8 Å². The molecule has 0 saturated carbocycles. The smallest absolute Gasteiger partial charge is 0.246 e. The molecule has 0 radical (unpaired) electrons. The molecule has 0 spiro atoms. The van der Waals surface area contributed by atoms with Gasteiger partial charge in [-0.25, -0.2) is 9.87 Å². The number of benzene rings is 1. The average Bonchev–Trinajstić information content (AvgIpc) is 2.58. The minimum atomic E-state index is -0.415. The van der Waals surface area contributed by atoms with Crippen LogP contribution >= 0.6 is 0 Å². The van der Waals surface area contributed by atoms with Gasteiger partial charge in [-0.15, -0.1) is 0 Å². The Labute approximate surface area is 137 Å². The molecule has 1 amide bonds. The lowest BCUT2D eigenvalue weighted by atomic mass is 9.93. The molecular weight excluding hydrogens is 299 g/mol. The van der Waals surface area contributed by atoms with Gasteiger partial charge in [0.2, 0.25) is 5.91 Å². The highest BCUT2D eigenvalue weighted by Gasteiger charge is 2.24. The van der Waals surface area contributed by atoms with E-state index < -0.39 is 5.91 Å². The molecule has 0 aliphatic heterocycles. The Morgan fingerprint density at radius 1 is 1.30 bits per heavy atom. The molecule has 0 aromatic heterocycles. The lowest BCUT2D eigenvalue weighted by Gasteiger charge is -2.24. The number of amides is 1. The number of methoxy groups -OCH3 is 1. The van der Waals surface area contributed by atoms with E-state index in [0.29, 0.717) is 12.8 Å². The topological polar surface area (TPSA) is 61.8 Å². The van der Waals surface area contributed by atoms with Crippen molar-refractivity contribution < 1.29 is 19.1 Å². The summed E-state index contributed by atoms with van der Waals surface area (Å²) in [4.78, 5) is 14.2. The van der Waals surface area contributed by atoms with E-state index in [4.69, 9.17) is 9.94 Å². The highest BCUT2D eigenvalue weighted by Crippen LogP contribution is 2.27. The van der Waals surface area contributed by atoms with Crippen LogP contribution < -0.4 is 5.48 Å². The summed E-state index contributed by atoms with van der Waals surface area (Å²) in [5, 5.41) is 8.97. The summed E-state index contributed by atoms with van der Waals surface area (Å²) in [6, 6.07) is 6.06. The Hall–Kier alpha value is -1.50. The molecule has 0 unspecified atom stereocenters. The summed E-state index contributed by atoms with van der Waals surface area (Å²) in [6.45, 7) is 6.73. The highest BCUT2D eigenvalue weighted by atomic mass is 19.1. The molecule has 0 aliphatic rings. The Bertz CT molecular complexity index is 463. The average molecular weight is 326 g/mol. The number of carbonyl (C=O) groups excluding carboxylic acids is 1. The van der Waals surface area contributed by atoms with Gasteiger partial charge in [0.1, 0.15) is 5.82 Å². The van der Waals surface area contributed by atoms with E-state index >= 15 is 0 Å². The number of hydroxylamine groups is 1. The second-order valence-corrected chi connectivity index (χ2v) is 5.50. The van der Waals surface area contributed by atoms with Crippen LogP contribution in [0.4, 0.5) is 4.39 Å². The number of nitrogens with one attached hydrogen (secondary N) is 1. The van der Waals surface area contributed by atoms with Crippen LogP contribution in [-0.2, 0) is 9.53 Å². The first-order valence-electron chi connectivity index (χ1n) is 8.00. The van der Waals surface area contributed by atoms with Crippen molar-refractivity contribution in [2.45, 2.75) is 32.8 Å². The predicted molar refractivity (Wildman–Crippen MR) is 86.6 cm³/mol. The molecule has 1 aromatic carbocycles. The van der Waals surface area contributed by atoms with E-state index in [1.165, 1.54) is 12.1 Å². The number of hydrogen-bond donors (Lipinski definition) is 2. The first-order chi connectivity index (χ1) is 11.0. The SMILES string of the molecule is CCN(CC)CC[C@@H](C[C@@H](OC)c1ccc(F)cc1)C(=O)NO. The van der Waals surface area contributed by atoms with E-state index in [1.54, 1.807) is 24.7 Å². The zero-order valence-corrected chi connectivity index (χ0v) is 14.1. The Morgan fingerprint density at radius 3 is 2.39 bits per heavy atom. The van der Waals surface area contributed by atoms with Crippen LogP contribution in [0.1, 0.15) is 38.4 Å². The maximum Gasteiger partial charge on any atom is 0.246 e. The van der Waals surface area contributed by atoms with E-state index in [9.17, 15) is 9.18 Å². The minimum Gasteiger partial charge on any atom is -0.377 e. The molecule has 130 valence electrons. The molecule has 5 nitrogen and oxygen atoms in total. The van der Waals surface area contributed by atoms with Crippen molar-refractivity contribution in [1.82, 2.24) is 10.4 Å². The zero-order valence-electron chi connectivity index (χ0n) is 14.1. The Kier molecular flexibility index (Phi) is 8.76. The minimum absolute atomic E-state index is 0.310. The van der Waals surface area contributed by atoms with Crippen LogP contribution in [0.15, 0.2) is 24.3 Å². The number of hydrogen-bond acceptors (Lipinski definition) is 4. The second kappa shape index (κ2) is 10.3. The van der Waals surface area contributed by atoms with Crippen molar-refractivity contribution in [3.8, 4) is 0 Å². The van der Waals surface area contributed by atoms with Crippen LogP contribution in [0.5, 0.6) is 0 Å². The largest absolute Gasteiger partial charge is 0.377 e. The number of halogens is 1. The summed E-state index contributed by atoms with van der Waals surface area (Å²) < 4.78 is 18.5. The Morgan fingerprint density at radius 2 is 1.91 bits per heavy atom. The van der Waals surface area contributed by atoms with Crippen molar-refractivity contribution in [3.05, 3.63) is 35.6 Å². The van der Waals surface area contributed by atoms with Gasteiger partial charge in [0.25, 0.3) is 0 Å². The molecule has 0 saturated heterocycles. The fourth-order valence-electron chi connectivity index (χ4n) is 2.63. The van der Waals surface area contributed by atoms with Gasteiger partial charge in [-0.3, -0.25) is 10.0 Å². The summed E-state index contributed by atoms with van der Waals surface area (Å²) in [7, 11) is 1.56. The lowest BCUT2D eigenvalue weighted by molar-refractivity contribution is -0.135. The van der Waals surface area contributed by atoms with Crippen LogP contribution in [0.3, 0.4) is 0 Å². The van der Waals surface area contributed by atoms with Gasteiger partial charge in [-0.05, 0) is 50.2 Å². The monoisotopic (exact) mass is 326 g/mol. The summed E-state index contributed by atoms with van der Waals surface area (Å²) >= 11 is 0. The Balaban J connectivity index is 2.77. The first-order valence-corrected chi connectivity index (χ1v) is 8.00. The van der Waals surface area contributed by atoms with Crippen LogP contribution in [-0.4, -0.2) is 42.8 Å². The fraction of sp³-hybridized carbons (Fsp3) is 0.588. The van der Waals surface area contributed by atoms with Crippen LogP contribution in [0.25, 0.3) is 0 Å². The summed E-state index contributed by atoms with van der Waals surface area (Å²) in [5.41, 5.74) is 2.55. The number of ether oxygens (including phenoxy) is 1. The van der Waals surface area contributed by atoms with Crippen LogP contribution in [0, 0.1) is 11.7 Å². The van der Waals surface area contributed by atoms with Crippen molar-refractivity contribution in [3.63, 3.8) is 0 Å². The molecular formula is C17H27FN2O3. The molecule has 1 rings (SSSR count). The first kappa shape index (κ1) is 19.5. The summed E-state index contributed by atoms with van der Waals surface area (Å²) in [6.07, 6.45) is 0.722. The van der Waals surface area contributed by atoms with Crippen molar-refractivity contribution in [1.29, 1.82) is 0 Å². The molecule has 2 N–H and O–H groups in total. The highest BCUT2D eigenvalue weighted by molar-refractivity contribution is 5.77. The van der Waals surface area contributed by atoms with Gasteiger partial charge in [0.15, 0.2) is 0 Å². The maximum absolute atomic E-state index is 13.0. The van der Waals surface area contributed by atoms with Gasteiger partial charge in [0, 0.05) is 13.0 Å². The maximum atomic E-state index is 13.0. The standard InChI is InChI=1S/C17H27FN2O3/c1-4-20(5-2)11-10-14(17(21)19-22)12-16(23-3)13-6-8-15(18)9-7-13/h6-9,14,16,22H,4-5,10-12H2,1-3H3,(H,19,21)/t14-,16+/m0/s1. The van der Waals surface area contributed by atoms with E-state index in [0.717, 1.165) is 25.2 Å². The third-order valence-electron chi connectivity index (χ3n) is 4.19. The van der Waals surface area contributed by atoms with Gasteiger partial charge in [-0.2, -0.15) is 0 Å². The normalized spacial score (nSPS) is 13.8. The third-order valence-corrected chi connectivity index (χ3v) is 4.19. The molecule has 6 heteroatoms. The second-order valence-electron chi connectivity index (χ2n) is 5.50. The predicted octanol–water partition coefficient (Wildman–Crippen LogP) is 2.76. The number of nitrogens with zero attached hydrogens (tertiary/aromatic N) is 1. The van der Waals surface area contributed by atoms with Crippen molar-refractivity contribution in [2.75, 3.05) is 26.7 Å². The van der Waals surface area contributed by atoms with E-state index in [1.807, 2.05) is 0 Å². The third kappa shape index (κ3) is 6.25. The fourth-order valence-corrected chi connectivity index (χ4v) is 2.63. The zero-order chi connectivity index (χ0) is 17.2. The molecule has 0 bridgehead atoms. The number of carbonyl (C=O) groups is 1. The van der Waals surface area contributed by atoms with Crippen molar-refractivity contribution in [2.24, 2.45) is 5.92 Å². The number of rotatable bonds is 10. The van der Waals surface area contributed by atoms with Crippen molar-refractivity contribution >= 4 is 5.91 Å². The molecule has 0 aliphatic carbocycles. The quantitative estimate of drug-likeness (QED) is 0.513. The van der Waals surface area contributed by atoms with Gasteiger partial charge >= 0.3 is 0 Å². The van der Waals surface area contributed by atoms with Gasteiger partial charge < -0.3 is 9.64 Å². The van der Waals surface area contributed by atoms with Gasteiger partial charge in [-0.1, -0.05) is 26.0 Å². The van der Waals surface area contributed by atoms with Crippen LogP contribution in [0.2, 0.25) is 0 Å². The molecule has 1 aromatic rings. The molecule has 0 fully saturated rings.